The van der Waals surface area contributed by atoms with Crippen LogP contribution in [0.3, 0.4) is 0 Å². The Hall–Kier alpha value is -0.500. The Kier molecular flexibility index (Phi) is 2.71. The molecule has 0 fully saturated rings. The standard InChI is InChI=1S/C11H15BrO/c1-7-8(11(2,3)4)5-6-9(13)10(7)12/h5-6,13H,1-4H3. The van der Waals surface area contributed by atoms with Crippen molar-refractivity contribution in [2.45, 2.75) is 33.1 Å². The highest BCUT2D eigenvalue weighted by Crippen LogP contribution is 2.34. The molecule has 0 bridgehead atoms. The molecule has 0 aliphatic heterocycles. The SMILES string of the molecule is Cc1c(C(C)(C)C)ccc(O)c1Br. The summed E-state index contributed by atoms with van der Waals surface area (Å²) in [5, 5.41) is 9.44. The van der Waals surface area contributed by atoms with Gasteiger partial charge in [0.05, 0.1) is 4.47 Å². The molecule has 0 aliphatic rings. The van der Waals surface area contributed by atoms with Gasteiger partial charge in [-0.1, -0.05) is 26.8 Å². The van der Waals surface area contributed by atoms with Gasteiger partial charge in [-0.3, -0.25) is 0 Å². The molecule has 0 saturated carbocycles. The summed E-state index contributed by atoms with van der Waals surface area (Å²) in [7, 11) is 0. The van der Waals surface area contributed by atoms with Crippen LogP contribution in [0.15, 0.2) is 16.6 Å². The van der Waals surface area contributed by atoms with Crippen molar-refractivity contribution in [3.05, 3.63) is 27.7 Å². The minimum Gasteiger partial charge on any atom is -0.507 e. The molecule has 0 aliphatic carbocycles. The lowest BCUT2D eigenvalue weighted by atomic mass is 9.84. The van der Waals surface area contributed by atoms with Gasteiger partial charge in [-0.15, -0.1) is 0 Å². The van der Waals surface area contributed by atoms with Crippen molar-refractivity contribution in [1.29, 1.82) is 0 Å². The fourth-order valence-electron chi connectivity index (χ4n) is 1.48. The highest BCUT2D eigenvalue weighted by atomic mass is 79.9. The third-order valence-corrected chi connectivity index (χ3v) is 3.17. The third kappa shape index (κ3) is 2.05. The number of phenols is 1. The zero-order chi connectivity index (χ0) is 10.2. The molecule has 0 radical (unpaired) electrons. The molecule has 0 spiro atoms. The van der Waals surface area contributed by atoms with E-state index in [2.05, 4.69) is 36.7 Å². The van der Waals surface area contributed by atoms with Crippen LogP contribution in [-0.2, 0) is 5.41 Å². The topological polar surface area (TPSA) is 20.2 Å². The number of phenolic OH excluding ortho intramolecular Hbond substituents is 1. The van der Waals surface area contributed by atoms with Crippen molar-refractivity contribution >= 4 is 15.9 Å². The Morgan fingerprint density at radius 3 is 2.23 bits per heavy atom. The van der Waals surface area contributed by atoms with Crippen LogP contribution in [0.2, 0.25) is 0 Å². The second-order valence-corrected chi connectivity index (χ2v) is 5.11. The van der Waals surface area contributed by atoms with Gasteiger partial charge in [0.2, 0.25) is 0 Å². The highest BCUT2D eigenvalue weighted by molar-refractivity contribution is 9.10. The van der Waals surface area contributed by atoms with Crippen LogP contribution in [0.4, 0.5) is 0 Å². The maximum atomic E-state index is 9.44. The Balaban J connectivity index is 3.35. The molecule has 0 unspecified atom stereocenters. The smallest absolute Gasteiger partial charge is 0.130 e. The van der Waals surface area contributed by atoms with E-state index < -0.39 is 0 Å². The quantitative estimate of drug-likeness (QED) is 0.735. The van der Waals surface area contributed by atoms with Gasteiger partial charge >= 0.3 is 0 Å². The fourth-order valence-corrected chi connectivity index (χ4v) is 1.83. The van der Waals surface area contributed by atoms with Gasteiger partial charge in [-0.25, -0.2) is 0 Å². The zero-order valence-corrected chi connectivity index (χ0v) is 10.1. The zero-order valence-electron chi connectivity index (χ0n) is 8.48. The van der Waals surface area contributed by atoms with E-state index in [0.717, 1.165) is 10.0 Å². The van der Waals surface area contributed by atoms with Crippen LogP contribution >= 0.6 is 15.9 Å². The van der Waals surface area contributed by atoms with Crippen molar-refractivity contribution in [3.8, 4) is 5.75 Å². The predicted octanol–water partition coefficient (Wildman–Crippen LogP) is 3.76. The molecule has 1 aromatic rings. The minimum absolute atomic E-state index is 0.125. The van der Waals surface area contributed by atoms with Crippen LogP contribution in [-0.4, -0.2) is 5.11 Å². The average molecular weight is 243 g/mol. The molecule has 13 heavy (non-hydrogen) atoms. The number of rotatable bonds is 0. The van der Waals surface area contributed by atoms with E-state index in [-0.39, 0.29) is 5.41 Å². The molecule has 0 aromatic heterocycles. The van der Waals surface area contributed by atoms with Crippen LogP contribution in [0.25, 0.3) is 0 Å². The van der Waals surface area contributed by atoms with Crippen LogP contribution in [0.1, 0.15) is 31.9 Å². The Morgan fingerprint density at radius 2 is 1.77 bits per heavy atom. The maximum absolute atomic E-state index is 9.44. The summed E-state index contributed by atoms with van der Waals surface area (Å²) in [6.45, 7) is 8.51. The molecular formula is C11H15BrO. The van der Waals surface area contributed by atoms with E-state index >= 15 is 0 Å². The molecule has 0 saturated heterocycles. The molecule has 1 aromatic carbocycles. The van der Waals surface area contributed by atoms with Gasteiger partial charge in [-0.05, 0) is 45.5 Å². The third-order valence-electron chi connectivity index (χ3n) is 2.17. The summed E-state index contributed by atoms with van der Waals surface area (Å²) >= 11 is 3.37. The molecule has 72 valence electrons. The van der Waals surface area contributed by atoms with E-state index in [1.807, 2.05) is 13.0 Å². The van der Waals surface area contributed by atoms with Crippen molar-refractivity contribution in [2.24, 2.45) is 0 Å². The fraction of sp³-hybridized carbons (Fsp3) is 0.455. The minimum atomic E-state index is 0.125. The molecule has 0 atom stereocenters. The molecule has 1 rings (SSSR count). The van der Waals surface area contributed by atoms with E-state index in [0.29, 0.717) is 5.75 Å². The molecule has 0 amide bonds. The largest absolute Gasteiger partial charge is 0.507 e. The van der Waals surface area contributed by atoms with Gasteiger partial charge in [0, 0.05) is 0 Å². The number of aromatic hydroxyl groups is 1. The number of hydrogen-bond acceptors (Lipinski definition) is 1. The second kappa shape index (κ2) is 3.33. The van der Waals surface area contributed by atoms with E-state index in [9.17, 15) is 5.11 Å². The van der Waals surface area contributed by atoms with Crippen molar-refractivity contribution in [3.63, 3.8) is 0 Å². The van der Waals surface area contributed by atoms with Crippen molar-refractivity contribution < 1.29 is 5.11 Å². The van der Waals surface area contributed by atoms with Crippen LogP contribution in [0, 0.1) is 6.92 Å². The number of hydrogen-bond donors (Lipinski definition) is 1. The van der Waals surface area contributed by atoms with E-state index in [1.165, 1.54) is 5.56 Å². The summed E-state index contributed by atoms with van der Waals surface area (Å²) in [6, 6.07) is 3.72. The van der Waals surface area contributed by atoms with Gasteiger partial charge in [0.1, 0.15) is 5.75 Å². The summed E-state index contributed by atoms with van der Waals surface area (Å²) < 4.78 is 0.805. The van der Waals surface area contributed by atoms with Crippen molar-refractivity contribution in [1.82, 2.24) is 0 Å². The average Bonchev–Trinajstić information content (AvgIpc) is 1.98. The van der Waals surface area contributed by atoms with Crippen molar-refractivity contribution in [2.75, 3.05) is 0 Å². The Bertz CT molecular complexity index is 324. The van der Waals surface area contributed by atoms with E-state index in [4.69, 9.17) is 0 Å². The summed E-state index contributed by atoms with van der Waals surface area (Å²) in [4.78, 5) is 0. The van der Waals surface area contributed by atoms with Gasteiger partial charge < -0.3 is 5.11 Å². The first-order valence-corrected chi connectivity index (χ1v) is 5.12. The number of benzene rings is 1. The first kappa shape index (κ1) is 10.6. The summed E-state index contributed by atoms with van der Waals surface area (Å²) in [5.41, 5.74) is 2.50. The van der Waals surface area contributed by atoms with Gasteiger partial charge in [0.25, 0.3) is 0 Å². The predicted molar refractivity (Wildman–Crippen MR) is 59.2 cm³/mol. The lowest BCUT2D eigenvalue weighted by Gasteiger charge is -2.22. The van der Waals surface area contributed by atoms with Gasteiger partial charge in [-0.2, -0.15) is 0 Å². The van der Waals surface area contributed by atoms with Gasteiger partial charge in [0.15, 0.2) is 0 Å². The monoisotopic (exact) mass is 242 g/mol. The lowest BCUT2D eigenvalue weighted by Crippen LogP contribution is -2.13. The van der Waals surface area contributed by atoms with Crippen LogP contribution in [0.5, 0.6) is 5.75 Å². The first-order valence-electron chi connectivity index (χ1n) is 4.32. The Morgan fingerprint density at radius 1 is 1.23 bits per heavy atom. The molecule has 1 nitrogen and oxygen atoms in total. The molecule has 0 heterocycles. The van der Waals surface area contributed by atoms with Crippen LogP contribution < -0.4 is 0 Å². The lowest BCUT2D eigenvalue weighted by molar-refractivity contribution is 0.469. The molecule has 2 heteroatoms. The Labute approximate surface area is 87.9 Å². The maximum Gasteiger partial charge on any atom is 0.130 e. The molecular weight excluding hydrogens is 228 g/mol. The normalized spacial score (nSPS) is 11.8. The number of halogens is 1. The summed E-state index contributed by atoms with van der Waals surface area (Å²) in [6.07, 6.45) is 0. The first-order chi connectivity index (χ1) is 5.84. The molecule has 1 N–H and O–H groups in total. The van der Waals surface area contributed by atoms with E-state index in [1.54, 1.807) is 6.07 Å². The summed E-state index contributed by atoms with van der Waals surface area (Å²) in [5.74, 6) is 0.311. The second-order valence-electron chi connectivity index (χ2n) is 4.32. The highest BCUT2D eigenvalue weighted by Gasteiger charge is 2.18.